The molecule has 12 aromatic rings. The number of rotatable bonds is 9. The quantitative estimate of drug-likeness (QED) is 0.144. The summed E-state index contributed by atoms with van der Waals surface area (Å²) in [5.74, 6) is 0. The van der Waals surface area contributed by atoms with Crippen LogP contribution in [0, 0.1) is 0 Å². The van der Waals surface area contributed by atoms with Crippen molar-refractivity contribution >= 4 is 39.0 Å². The zero-order chi connectivity index (χ0) is 45.7. The van der Waals surface area contributed by atoms with Gasteiger partial charge in [-0.15, -0.1) is 0 Å². The Labute approximate surface area is 402 Å². The van der Waals surface area contributed by atoms with Gasteiger partial charge >= 0.3 is 0 Å². The van der Waals surface area contributed by atoms with E-state index in [4.69, 9.17) is 4.42 Å². The van der Waals surface area contributed by atoms with Crippen molar-refractivity contribution < 1.29 is 4.42 Å². The first-order valence-corrected chi connectivity index (χ1v) is 23.7. The van der Waals surface area contributed by atoms with E-state index in [0.717, 1.165) is 50.1 Å². The molecule has 0 spiro atoms. The number of fused-ring (bicyclic) bond motifs is 6. The van der Waals surface area contributed by atoms with Crippen molar-refractivity contribution in [2.75, 3.05) is 4.90 Å². The lowest BCUT2D eigenvalue weighted by Gasteiger charge is -2.34. The Balaban J connectivity index is 0.997. The van der Waals surface area contributed by atoms with Gasteiger partial charge in [0.25, 0.3) is 0 Å². The van der Waals surface area contributed by atoms with Gasteiger partial charge in [0, 0.05) is 39.5 Å². The summed E-state index contributed by atoms with van der Waals surface area (Å²) in [6, 6.07) is 98.8. The predicted octanol–water partition coefficient (Wildman–Crippen LogP) is 18.1. The van der Waals surface area contributed by atoms with Gasteiger partial charge < -0.3 is 9.32 Å². The van der Waals surface area contributed by atoms with E-state index in [-0.39, 0.29) is 0 Å². The molecule has 0 saturated carbocycles. The molecule has 0 N–H and O–H groups in total. The largest absolute Gasteiger partial charge is 0.456 e. The smallest absolute Gasteiger partial charge is 0.137 e. The van der Waals surface area contributed by atoms with E-state index in [1.54, 1.807) is 0 Å². The minimum absolute atomic E-state index is 0.574. The van der Waals surface area contributed by atoms with Crippen LogP contribution in [0.1, 0.15) is 22.3 Å². The third kappa shape index (κ3) is 6.72. The van der Waals surface area contributed by atoms with Crippen LogP contribution in [-0.4, -0.2) is 0 Å². The lowest BCUT2D eigenvalue weighted by Crippen LogP contribution is -2.28. The van der Waals surface area contributed by atoms with Gasteiger partial charge in [-0.05, 0) is 115 Å². The molecule has 0 fully saturated rings. The molecule has 1 aliphatic carbocycles. The molecular weight excluding hydrogens is 835 g/mol. The zero-order valence-electron chi connectivity index (χ0n) is 37.8. The van der Waals surface area contributed by atoms with Gasteiger partial charge in [-0.1, -0.05) is 224 Å². The predicted molar refractivity (Wildman–Crippen MR) is 287 cm³/mol. The van der Waals surface area contributed by atoms with Crippen molar-refractivity contribution in [3.8, 4) is 55.6 Å². The standard InChI is InChI=1S/C67H45NO/c1-6-18-46(19-7-1)48-30-32-49(33-31-48)51-36-40-56(41-37-51)68(55-38-34-50(35-39-55)47-20-8-2-9-21-47)57-42-43-59-62(44-57)69-63-45-61-65(64(66(59)63)52-22-10-3-11-23-52)58-28-16-17-29-60(58)67(61,53-24-12-4-13-25-53)54-26-14-5-15-27-54/h1-45H. The SMILES string of the molecule is c1ccc(-c2ccc(-c3ccc(N(c4ccc(-c5ccccc5)cc4)c4ccc5c(c4)oc4cc6c(c(-c7ccccc7)c45)-c4ccccc4C6(c4ccccc4)c4ccccc4)cc3)cc2)cc1. The summed E-state index contributed by atoms with van der Waals surface area (Å²) in [6.07, 6.45) is 0. The highest BCUT2D eigenvalue weighted by molar-refractivity contribution is 6.18. The summed E-state index contributed by atoms with van der Waals surface area (Å²) >= 11 is 0. The van der Waals surface area contributed by atoms with Crippen LogP contribution in [0.4, 0.5) is 17.1 Å². The topological polar surface area (TPSA) is 16.4 Å². The number of benzene rings is 11. The van der Waals surface area contributed by atoms with Crippen LogP contribution in [0.15, 0.2) is 277 Å². The molecule has 0 amide bonds. The fourth-order valence-electron chi connectivity index (χ4n) is 11.0. The van der Waals surface area contributed by atoms with E-state index in [0.29, 0.717) is 0 Å². The fourth-order valence-corrected chi connectivity index (χ4v) is 11.0. The van der Waals surface area contributed by atoms with Crippen LogP contribution < -0.4 is 4.90 Å². The van der Waals surface area contributed by atoms with Crippen LogP contribution in [0.25, 0.3) is 77.6 Å². The second-order valence-corrected chi connectivity index (χ2v) is 18.0. The maximum Gasteiger partial charge on any atom is 0.137 e. The lowest BCUT2D eigenvalue weighted by molar-refractivity contribution is 0.666. The van der Waals surface area contributed by atoms with Crippen LogP contribution in [0.3, 0.4) is 0 Å². The van der Waals surface area contributed by atoms with E-state index in [1.165, 1.54) is 66.8 Å². The van der Waals surface area contributed by atoms with Crippen LogP contribution in [0.2, 0.25) is 0 Å². The number of furan rings is 1. The second-order valence-electron chi connectivity index (χ2n) is 18.0. The van der Waals surface area contributed by atoms with Gasteiger partial charge in [0.15, 0.2) is 0 Å². The third-order valence-electron chi connectivity index (χ3n) is 14.2. The van der Waals surface area contributed by atoms with Crippen LogP contribution >= 0.6 is 0 Å². The van der Waals surface area contributed by atoms with Crippen molar-refractivity contribution in [2.45, 2.75) is 5.41 Å². The highest BCUT2D eigenvalue weighted by Crippen LogP contribution is 2.60. The zero-order valence-corrected chi connectivity index (χ0v) is 37.8. The molecule has 13 rings (SSSR count). The molecule has 1 aliphatic rings. The van der Waals surface area contributed by atoms with Crippen LogP contribution in [0.5, 0.6) is 0 Å². The minimum atomic E-state index is -0.574. The molecule has 0 saturated heterocycles. The molecule has 2 nitrogen and oxygen atoms in total. The van der Waals surface area contributed by atoms with Gasteiger partial charge in [-0.2, -0.15) is 0 Å². The number of hydrogen-bond donors (Lipinski definition) is 0. The maximum atomic E-state index is 7.24. The summed E-state index contributed by atoms with van der Waals surface area (Å²) in [7, 11) is 0. The van der Waals surface area contributed by atoms with E-state index in [2.05, 4.69) is 278 Å². The van der Waals surface area contributed by atoms with Crippen molar-refractivity contribution in [1.82, 2.24) is 0 Å². The van der Waals surface area contributed by atoms with E-state index in [9.17, 15) is 0 Å². The van der Waals surface area contributed by atoms with Crippen molar-refractivity contribution in [1.29, 1.82) is 0 Å². The third-order valence-corrected chi connectivity index (χ3v) is 14.2. The molecule has 69 heavy (non-hydrogen) atoms. The molecular formula is C67H45NO. The fraction of sp³-hybridized carbons (Fsp3) is 0.0149. The first kappa shape index (κ1) is 40.3. The molecule has 0 atom stereocenters. The number of anilines is 3. The second kappa shape index (κ2) is 16.7. The summed E-state index contributed by atoms with van der Waals surface area (Å²) < 4.78 is 7.24. The Morgan fingerprint density at radius 1 is 0.290 bits per heavy atom. The Morgan fingerprint density at radius 3 is 1.20 bits per heavy atom. The first-order valence-electron chi connectivity index (χ1n) is 23.7. The molecule has 1 aromatic heterocycles. The molecule has 324 valence electrons. The van der Waals surface area contributed by atoms with Crippen LogP contribution in [-0.2, 0) is 5.41 Å². The average Bonchev–Trinajstić information content (AvgIpc) is 3.95. The van der Waals surface area contributed by atoms with Gasteiger partial charge in [0.1, 0.15) is 11.2 Å². The minimum Gasteiger partial charge on any atom is -0.456 e. The first-order chi connectivity index (χ1) is 34.2. The number of nitrogens with zero attached hydrogens (tertiary/aromatic N) is 1. The van der Waals surface area contributed by atoms with Gasteiger partial charge in [0.2, 0.25) is 0 Å². The van der Waals surface area contributed by atoms with E-state index < -0.39 is 5.41 Å². The van der Waals surface area contributed by atoms with Gasteiger partial charge in [0.05, 0.1) is 5.41 Å². The average molecular weight is 880 g/mol. The molecule has 11 aromatic carbocycles. The summed E-state index contributed by atoms with van der Waals surface area (Å²) in [5, 5.41) is 2.20. The summed E-state index contributed by atoms with van der Waals surface area (Å²) in [4.78, 5) is 2.34. The van der Waals surface area contributed by atoms with E-state index >= 15 is 0 Å². The van der Waals surface area contributed by atoms with Gasteiger partial charge in [-0.3, -0.25) is 0 Å². The van der Waals surface area contributed by atoms with Crippen molar-refractivity contribution in [3.63, 3.8) is 0 Å². The summed E-state index contributed by atoms with van der Waals surface area (Å²) in [6.45, 7) is 0. The molecule has 0 bridgehead atoms. The van der Waals surface area contributed by atoms with Crippen molar-refractivity contribution in [3.05, 3.63) is 295 Å². The normalized spacial score (nSPS) is 12.5. The highest BCUT2D eigenvalue weighted by atomic mass is 16.3. The monoisotopic (exact) mass is 879 g/mol. The lowest BCUT2D eigenvalue weighted by atomic mass is 9.67. The Morgan fingerprint density at radius 2 is 0.696 bits per heavy atom. The highest BCUT2D eigenvalue weighted by Gasteiger charge is 2.47. The van der Waals surface area contributed by atoms with E-state index in [1.807, 2.05) is 0 Å². The Kier molecular flexibility index (Phi) is 9.77. The summed E-state index contributed by atoms with van der Waals surface area (Å²) in [5.41, 5.74) is 21.2. The van der Waals surface area contributed by atoms with Crippen molar-refractivity contribution in [2.24, 2.45) is 0 Å². The Hall–Kier alpha value is -8.98. The molecule has 0 radical (unpaired) electrons. The maximum absolute atomic E-state index is 7.24. The van der Waals surface area contributed by atoms with Gasteiger partial charge in [-0.25, -0.2) is 0 Å². The molecule has 2 heteroatoms. The Bertz CT molecular complexity index is 3730. The number of hydrogen-bond acceptors (Lipinski definition) is 2. The molecule has 0 aliphatic heterocycles. The molecule has 0 unspecified atom stereocenters. The molecule has 1 heterocycles.